The van der Waals surface area contributed by atoms with E-state index in [0.717, 1.165) is 39.6 Å². The Morgan fingerprint density at radius 1 is 1.38 bits per heavy atom. The molecule has 0 radical (unpaired) electrons. The van der Waals surface area contributed by atoms with Crippen LogP contribution in [0.1, 0.15) is 19.3 Å². The smallest absolute Gasteiger partial charge is 0.154 e. The summed E-state index contributed by atoms with van der Waals surface area (Å²) in [5, 5.41) is 6.51. The summed E-state index contributed by atoms with van der Waals surface area (Å²) in [4.78, 5) is 0. The molecule has 0 saturated carbocycles. The number of hydrogen-bond acceptors (Lipinski definition) is 5. The van der Waals surface area contributed by atoms with Crippen molar-refractivity contribution in [3.63, 3.8) is 0 Å². The first-order valence-electron chi connectivity index (χ1n) is 6.10. The largest absolute Gasteiger partial charge is 0.371 e. The predicted octanol–water partition coefficient (Wildman–Crippen LogP) is -0.0540. The lowest BCUT2D eigenvalue weighted by atomic mass is 9.79. The molecule has 1 aliphatic heterocycles. The molecule has 1 fully saturated rings. The van der Waals surface area contributed by atoms with Gasteiger partial charge in [0.1, 0.15) is 6.23 Å². The molecular weight excluding hydrogens is 223 g/mol. The number of epoxide rings is 1. The molecule has 1 rings (SSSR count). The van der Waals surface area contributed by atoms with Crippen LogP contribution in [0.4, 0.5) is 0 Å². The van der Waals surface area contributed by atoms with Crippen LogP contribution in [0, 0.1) is 0 Å². The lowest BCUT2D eigenvalue weighted by molar-refractivity contribution is 0.177. The molecule has 4 nitrogen and oxygen atoms in total. The highest BCUT2D eigenvalue weighted by Crippen LogP contribution is 2.24. The Hall–Kier alpha value is 0.255. The first kappa shape index (κ1) is 14.3. The molecule has 2 N–H and O–H groups in total. The molecule has 16 heavy (non-hydrogen) atoms. The van der Waals surface area contributed by atoms with Crippen molar-refractivity contribution in [3.8, 4) is 0 Å². The fourth-order valence-electron chi connectivity index (χ4n) is 1.67. The SMILES string of the molecule is CNCBCNC1OC1CCCCOCS. The van der Waals surface area contributed by atoms with E-state index in [1.54, 1.807) is 0 Å². The second-order valence-electron chi connectivity index (χ2n) is 4.04. The van der Waals surface area contributed by atoms with E-state index in [9.17, 15) is 0 Å². The van der Waals surface area contributed by atoms with Gasteiger partial charge in [-0.2, -0.15) is 12.6 Å². The van der Waals surface area contributed by atoms with Crippen molar-refractivity contribution in [1.29, 1.82) is 0 Å². The van der Waals surface area contributed by atoms with Crippen molar-refractivity contribution in [1.82, 2.24) is 10.6 Å². The molecule has 0 spiro atoms. The van der Waals surface area contributed by atoms with Crippen molar-refractivity contribution < 1.29 is 9.47 Å². The third-order valence-corrected chi connectivity index (χ3v) is 2.83. The minimum atomic E-state index is 0.308. The molecule has 0 bridgehead atoms. The van der Waals surface area contributed by atoms with E-state index >= 15 is 0 Å². The molecule has 0 amide bonds. The second-order valence-corrected chi connectivity index (χ2v) is 4.30. The summed E-state index contributed by atoms with van der Waals surface area (Å²) >= 11 is 3.98. The van der Waals surface area contributed by atoms with Crippen LogP contribution in [0.2, 0.25) is 0 Å². The van der Waals surface area contributed by atoms with Crippen molar-refractivity contribution in [2.24, 2.45) is 0 Å². The normalized spacial score (nSPS) is 23.4. The number of ether oxygens (including phenoxy) is 2. The molecule has 2 unspecified atom stereocenters. The number of unbranched alkanes of at least 4 members (excludes halogenated alkanes) is 1. The first-order valence-corrected chi connectivity index (χ1v) is 6.73. The van der Waals surface area contributed by atoms with Gasteiger partial charge in [0, 0.05) is 6.61 Å². The van der Waals surface area contributed by atoms with Gasteiger partial charge >= 0.3 is 0 Å². The van der Waals surface area contributed by atoms with Gasteiger partial charge in [-0.25, -0.2) is 0 Å². The Morgan fingerprint density at radius 3 is 3.00 bits per heavy atom. The van der Waals surface area contributed by atoms with Gasteiger partial charge in [-0.15, -0.1) is 0 Å². The highest BCUT2D eigenvalue weighted by molar-refractivity contribution is 7.80. The quantitative estimate of drug-likeness (QED) is 0.157. The van der Waals surface area contributed by atoms with Crippen LogP contribution in [0.3, 0.4) is 0 Å². The lowest BCUT2D eigenvalue weighted by Crippen LogP contribution is -2.30. The standard InChI is InChI=1S/C10H23BN2O2S/c1-12-6-11-7-13-10-9(15-10)4-2-3-5-14-8-16/h9-13,16H,2-8H2,1H3. The summed E-state index contributed by atoms with van der Waals surface area (Å²) in [5.74, 6) is 0.523. The molecule has 1 heterocycles. The molecule has 0 aromatic heterocycles. The van der Waals surface area contributed by atoms with Gasteiger partial charge in [0.05, 0.1) is 12.0 Å². The van der Waals surface area contributed by atoms with Gasteiger partial charge in [0.15, 0.2) is 7.28 Å². The molecule has 0 aromatic rings. The van der Waals surface area contributed by atoms with Gasteiger partial charge in [0.2, 0.25) is 0 Å². The van der Waals surface area contributed by atoms with E-state index in [1.165, 1.54) is 6.42 Å². The van der Waals surface area contributed by atoms with E-state index in [0.29, 0.717) is 18.3 Å². The van der Waals surface area contributed by atoms with Crippen molar-refractivity contribution in [3.05, 3.63) is 0 Å². The van der Waals surface area contributed by atoms with Gasteiger partial charge in [0.25, 0.3) is 0 Å². The molecule has 1 aliphatic rings. The second kappa shape index (κ2) is 9.30. The molecule has 94 valence electrons. The van der Waals surface area contributed by atoms with Crippen LogP contribution in [0.15, 0.2) is 0 Å². The van der Waals surface area contributed by atoms with Gasteiger partial charge in [-0.1, -0.05) is 0 Å². The number of rotatable bonds is 11. The maximum absolute atomic E-state index is 5.52. The van der Waals surface area contributed by atoms with E-state index in [-0.39, 0.29) is 0 Å². The third-order valence-electron chi connectivity index (χ3n) is 2.65. The Labute approximate surface area is 104 Å². The fraction of sp³-hybridized carbons (Fsp3) is 1.00. The van der Waals surface area contributed by atoms with Crippen molar-refractivity contribution >= 4 is 19.9 Å². The van der Waals surface area contributed by atoms with Gasteiger partial charge in [-0.05, 0) is 39.2 Å². The average molecular weight is 246 g/mol. The third kappa shape index (κ3) is 6.76. The molecule has 0 aliphatic carbocycles. The minimum Gasteiger partial charge on any atom is -0.371 e. The predicted molar refractivity (Wildman–Crippen MR) is 71.4 cm³/mol. The first-order chi connectivity index (χ1) is 7.88. The minimum absolute atomic E-state index is 0.308. The van der Waals surface area contributed by atoms with Crippen LogP contribution in [-0.2, 0) is 9.47 Å². The maximum atomic E-state index is 5.52. The van der Waals surface area contributed by atoms with Crippen LogP contribution in [0.25, 0.3) is 0 Å². The van der Waals surface area contributed by atoms with E-state index < -0.39 is 0 Å². The van der Waals surface area contributed by atoms with Gasteiger partial charge in [-0.3, -0.25) is 5.32 Å². The molecule has 1 saturated heterocycles. The zero-order valence-electron chi connectivity index (χ0n) is 10.1. The summed E-state index contributed by atoms with van der Waals surface area (Å²) in [7, 11) is 3.13. The van der Waals surface area contributed by atoms with Crippen molar-refractivity contribution in [2.75, 3.05) is 32.5 Å². The van der Waals surface area contributed by atoms with E-state index in [2.05, 4.69) is 23.3 Å². The summed E-state index contributed by atoms with van der Waals surface area (Å²) in [6.07, 6.45) is 6.25. The Kier molecular flexibility index (Phi) is 8.32. The van der Waals surface area contributed by atoms with Crippen LogP contribution >= 0.6 is 12.6 Å². The number of nitrogens with one attached hydrogen (secondary N) is 2. The van der Waals surface area contributed by atoms with E-state index in [4.69, 9.17) is 9.47 Å². The molecule has 0 aromatic carbocycles. The van der Waals surface area contributed by atoms with E-state index in [1.807, 2.05) is 7.05 Å². The average Bonchev–Trinajstić information content (AvgIpc) is 3.03. The highest BCUT2D eigenvalue weighted by atomic mass is 32.1. The zero-order chi connectivity index (χ0) is 11.6. The maximum Gasteiger partial charge on any atom is 0.154 e. The monoisotopic (exact) mass is 246 g/mol. The van der Waals surface area contributed by atoms with Crippen LogP contribution in [0.5, 0.6) is 0 Å². The summed E-state index contributed by atoms with van der Waals surface area (Å²) in [6.45, 7) is 0.816. The fourth-order valence-corrected chi connectivity index (χ4v) is 1.79. The Balaban J connectivity index is 1.79. The Morgan fingerprint density at radius 2 is 2.25 bits per heavy atom. The number of thiol groups is 1. The topological polar surface area (TPSA) is 45.8 Å². The summed E-state index contributed by atoms with van der Waals surface area (Å²) in [6, 6.07) is 0. The summed E-state index contributed by atoms with van der Waals surface area (Å²) < 4.78 is 10.7. The zero-order valence-corrected chi connectivity index (χ0v) is 11.0. The lowest BCUT2D eigenvalue weighted by Gasteiger charge is -2.00. The van der Waals surface area contributed by atoms with Crippen LogP contribution in [-0.4, -0.2) is 52.1 Å². The summed E-state index contributed by atoms with van der Waals surface area (Å²) in [5.41, 5.74) is 0. The Bertz CT molecular complexity index is 177. The van der Waals surface area contributed by atoms with Crippen LogP contribution < -0.4 is 10.6 Å². The molecule has 2 atom stereocenters. The molecule has 6 heteroatoms. The van der Waals surface area contributed by atoms with Gasteiger partial charge < -0.3 is 14.8 Å². The number of hydrogen-bond donors (Lipinski definition) is 3. The molecular formula is C10H23BN2O2S. The highest BCUT2D eigenvalue weighted by Gasteiger charge is 2.37. The van der Waals surface area contributed by atoms with Crippen molar-refractivity contribution in [2.45, 2.75) is 31.6 Å².